The highest BCUT2D eigenvalue weighted by Crippen LogP contribution is 2.28. The van der Waals surface area contributed by atoms with Crippen LogP contribution in [0.1, 0.15) is 12.5 Å². The van der Waals surface area contributed by atoms with Gasteiger partial charge in [0.15, 0.2) is 5.82 Å². The number of hydrogen-bond acceptors (Lipinski definition) is 4. The van der Waals surface area contributed by atoms with E-state index in [1.165, 1.54) is 4.68 Å². The highest BCUT2D eigenvalue weighted by atomic mass is 79.9. The van der Waals surface area contributed by atoms with E-state index in [0.29, 0.717) is 17.5 Å². The Kier molecular flexibility index (Phi) is 4.26. The van der Waals surface area contributed by atoms with E-state index in [1.54, 1.807) is 12.1 Å². The Balaban J connectivity index is 1.51. The maximum atomic E-state index is 12.3. The number of aromatic nitrogens is 3. The van der Waals surface area contributed by atoms with E-state index in [9.17, 15) is 9.59 Å². The van der Waals surface area contributed by atoms with E-state index in [0.717, 1.165) is 10.0 Å². The van der Waals surface area contributed by atoms with Crippen LogP contribution in [0.25, 0.3) is 11.4 Å². The molecule has 0 unspecified atom stereocenters. The fourth-order valence-electron chi connectivity index (χ4n) is 2.74. The van der Waals surface area contributed by atoms with Crippen molar-refractivity contribution in [2.75, 3.05) is 10.6 Å². The molecule has 1 aliphatic heterocycles. The number of rotatable bonds is 4. The van der Waals surface area contributed by atoms with E-state index in [4.69, 9.17) is 0 Å². The molecular weight excluding hydrogens is 398 g/mol. The Morgan fingerprint density at radius 3 is 2.62 bits per heavy atom. The van der Waals surface area contributed by atoms with Crippen LogP contribution >= 0.6 is 15.9 Å². The molecule has 2 aromatic carbocycles. The molecule has 1 aliphatic rings. The third kappa shape index (κ3) is 3.23. The van der Waals surface area contributed by atoms with Crippen molar-refractivity contribution in [2.24, 2.45) is 0 Å². The smallest absolute Gasteiger partial charge is 0.252 e. The number of benzene rings is 2. The molecular formula is C18H14BrN5O2. The Labute approximate surface area is 157 Å². The molecule has 2 N–H and O–H groups in total. The third-order valence-corrected chi connectivity index (χ3v) is 4.53. The maximum absolute atomic E-state index is 12.3. The zero-order valence-electron chi connectivity index (χ0n) is 13.5. The Morgan fingerprint density at radius 2 is 1.88 bits per heavy atom. The topological polar surface area (TPSA) is 88.9 Å². The minimum atomic E-state index is -0.717. The molecule has 4 rings (SSSR count). The number of carbonyl (C=O) groups excluding carboxylic acids is 2. The fourth-order valence-corrected chi connectivity index (χ4v) is 3.00. The maximum Gasteiger partial charge on any atom is 0.252 e. The van der Waals surface area contributed by atoms with Gasteiger partial charge in [-0.15, -0.1) is 5.10 Å². The van der Waals surface area contributed by atoms with Crippen molar-refractivity contribution in [1.29, 1.82) is 0 Å². The molecule has 0 fully saturated rings. The van der Waals surface area contributed by atoms with Crippen LogP contribution in [-0.2, 0) is 9.59 Å². The second-order valence-electron chi connectivity index (χ2n) is 5.83. The minimum Gasteiger partial charge on any atom is -0.326 e. The molecule has 26 heavy (non-hydrogen) atoms. The predicted octanol–water partition coefficient (Wildman–Crippen LogP) is 3.23. The van der Waals surface area contributed by atoms with Gasteiger partial charge in [-0.25, -0.2) is 4.68 Å². The molecule has 7 nitrogen and oxygen atoms in total. The van der Waals surface area contributed by atoms with E-state index in [-0.39, 0.29) is 18.2 Å². The van der Waals surface area contributed by atoms with E-state index in [2.05, 4.69) is 36.6 Å². The average molecular weight is 412 g/mol. The van der Waals surface area contributed by atoms with Gasteiger partial charge >= 0.3 is 0 Å². The zero-order valence-corrected chi connectivity index (χ0v) is 15.1. The van der Waals surface area contributed by atoms with Gasteiger partial charge in [-0.1, -0.05) is 46.3 Å². The van der Waals surface area contributed by atoms with Gasteiger partial charge in [-0.3, -0.25) is 14.9 Å². The lowest BCUT2D eigenvalue weighted by molar-refractivity contribution is -0.123. The van der Waals surface area contributed by atoms with Crippen LogP contribution in [0.3, 0.4) is 0 Å². The molecule has 8 heteroatoms. The lowest BCUT2D eigenvalue weighted by Crippen LogP contribution is -2.23. The van der Waals surface area contributed by atoms with Crippen LogP contribution in [0.2, 0.25) is 0 Å². The fraction of sp³-hybridized carbons (Fsp3) is 0.111. The SMILES string of the molecule is O=C(C[C@@H]1C(=O)Nc2nc(-c3ccccc3)nn21)Nc1ccc(Br)cc1. The van der Waals surface area contributed by atoms with Crippen LogP contribution in [0.4, 0.5) is 11.6 Å². The number of hydrogen-bond donors (Lipinski definition) is 2. The number of anilines is 2. The summed E-state index contributed by atoms with van der Waals surface area (Å²) in [4.78, 5) is 28.8. The van der Waals surface area contributed by atoms with Crippen molar-refractivity contribution < 1.29 is 9.59 Å². The van der Waals surface area contributed by atoms with Gasteiger partial charge in [0.2, 0.25) is 11.9 Å². The van der Waals surface area contributed by atoms with Crippen LogP contribution in [-0.4, -0.2) is 26.6 Å². The van der Waals surface area contributed by atoms with Crippen LogP contribution in [0, 0.1) is 0 Å². The second kappa shape index (κ2) is 6.72. The second-order valence-corrected chi connectivity index (χ2v) is 6.75. The minimum absolute atomic E-state index is 0.0213. The average Bonchev–Trinajstić information content (AvgIpc) is 3.17. The molecule has 0 saturated carbocycles. The molecule has 2 amide bonds. The van der Waals surface area contributed by atoms with Gasteiger partial charge in [-0.2, -0.15) is 4.98 Å². The first-order chi connectivity index (χ1) is 12.6. The normalized spacial score (nSPS) is 15.4. The molecule has 2 heterocycles. The lowest BCUT2D eigenvalue weighted by atomic mass is 10.2. The quantitative estimate of drug-likeness (QED) is 0.689. The number of amides is 2. The van der Waals surface area contributed by atoms with Gasteiger partial charge in [0.1, 0.15) is 6.04 Å². The van der Waals surface area contributed by atoms with Crippen molar-refractivity contribution in [3.63, 3.8) is 0 Å². The van der Waals surface area contributed by atoms with Gasteiger partial charge < -0.3 is 5.32 Å². The highest BCUT2D eigenvalue weighted by Gasteiger charge is 2.35. The van der Waals surface area contributed by atoms with Gasteiger partial charge in [0.25, 0.3) is 5.91 Å². The summed E-state index contributed by atoms with van der Waals surface area (Å²) in [6, 6.07) is 16.0. The van der Waals surface area contributed by atoms with Crippen LogP contribution < -0.4 is 10.6 Å². The summed E-state index contributed by atoms with van der Waals surface area (Å²) >= 11 is 3.35. The summed E-state index contributed by atoms with van der Waals surface area (Å²) in [6.07, 6.45) is -0.0213. The molecule has 1 aromatic heterocycles. The van der Waals surface area contributed by atoms with E-state index in [1.807, 2.05) is 42.5 Å². The summed E-state index contributed by atoms with van der Waals surface area (Å²) in [5, 5.41) is 9.86. The summed E-state index contributed by atoms with van der Waals surface area (Å²) < 4.78 is 2.40. The number of carbonyl (C=O) groups is 2. The highest BCUT2D eigenvalue weighted by molar-refractivity contribution is 9.10. The standard InChI is InChI=1S/C18H14BrN5O2/c19-12-6-8-13(9-7-12)20-15(25)10-14-17(26)22-18-21-16(23-24(14)18)11-4-2-1-3-5-11/h1-9,14H,10H2,(H,20,25)(H,21,22,23,26)/t14-/m1/s1. The molecule has 0 radical (unpaired) electrons. The molecule has 1 atom stereocenters. The largest absolute Gasteiger partial charge is 0.326 e. The first kappa shape index (κ1) is 16.5. The number of halogens is 1. The van der Waals surface area contributed by atoms with Gasteiger partial charge in [0, 0.05) is 15.7 Å². The number of fused-ring (bicyclic) bond motifs is 1. The summed E-state index contributed by atoms with van der Waals surface area (Å²) in [5.74, 6) is 0.317. The van der Waals surface area contributed by atoms with Gasteiger partial charge in [-0.05, 0) is 24.3 Å². The summed E-state index contributed by atoms with van der Waals surface area (Å²) in [7, 11) is 0. The van der Waals surface area contributed by atoms with Crippen molar-refractivity contribution in [1.82, 2.24) is 14.8 Å². The monoisotopic (exact) mass is 411 g/mol. The molecule has 130 valence electrons. The molecule has 0 saturated heterocycles. The Hall–Kier alpha value is -3.00. The van der Waals surface area contributed by atoms with Gasteiger partial charge in [0.05, 0.1) is 6.42 Å². The number of nitrogens with one attached hydrogen (secondary N) is 2. The molecule has 3 aromatic rings. The lowest BCUT2D eigenvalue weighted by Gasteiger charge is -2.10. The van der Waals surface area contributed by atoms with Crippen LogP contribution in [0.5, 0.6) is 0 Å². The van der Waals surface area contributed by atoms with E-state index >= 15 is 0 Å². The first-order valence-electron chi connectivity index (χ1n) is 7.98. The third-order valence-electron chi connectivity index (χ3n) is 4.00. The summed E-state index contributed by atoms with van der Waals surface area (Å²) in [5.41, 5.74) is 1.52. The van der Waals surface area contributed by atoms with Crippen molar-refractivity contribution in [2.45, 2.75) is 12.5 Å². The van der Waals surface area contributed by atoms with Crippen LogP contribution in [0.15, 0.2) is 59.1 Å². The molecule has 0 bridgehead atoms. The van der Waals surface area contributed by atoms with Crippen molar-refractivity contribution >= 4 is 39.4 Å². The summed E-state index contributed by atoms with van der Waals surface area (Å²) in [6.45, 7) is 0. The van der Waals surface area contributed by atoms with Crippen molar-refractivity contribution in [3.05, 3.63) is 59.1 Å². The van der Waals surface area contributed by atoms with E-state index < -0.39 is 6.04 Å². The Bertz CT molecular complexity index is 969. The number of nitrogens with zero attached hydrogens (tertiary/aromatic N) is 3. The zero-order chi connectivity index (χ0) is 18.1. The molecule has 0 spiro atoms. The Morgan fingerprint density at radius 1 is 1.15 bits per heavy atom. The van der Waals surface area contributed by atoms with Crippen molar-refractivity contribution in [3.8, 4) is 11.4 Å². The first-order valence-corrected chi connectivity index (χ1v) is 8.78. The predicted molar refractivity (Wildman–Crippen MR) is 101 cm³/mol. The molecule has 0 aliphatic carbocycles.